The fraction of sp³-hybridized carbons (Fsp3) is 0.212. The Hall–Kier alpha value is -14.2. The molecule has 0 unspecified atom stereocenters. The number of amides is 8. The first-order chi connectivity index (χ1) is 52.2. The molecule has 0 spiro atoms. The molecule has 0 bridgehead atoms. The van der Waals surface area contributed by atoms with E-state index in [1.165, 1.54) is 36.4 Å². The van der Waals surface area contributed by atoms with Crippen LogP contribution in [0.3, 0.4) is 0 Å². The van der Waals surface area contributed by atoms with E-state index in [2.05, 4.69) is 30.3 Å². The van der Waals surface area contributed by atoms with E-state index in [0.717, 1.165) is 33.0 Å². The van der Waals surface area contributed by atoms with Gasteiger partial charge in [-0.3, -0.25) is 58.0 Å². The normalized spacial score (nSPS) is 13.6. The van der Waals surface area contributed by atoms with Crippen molar-refractivity contribution in [1.29, 1.82) is 0 Å². The second-order valence-corrected chi connectivity index (χ2v) is 25.2. The summed E-state index contributed by atoms with van der Waals surface area (Å²) < 4.78 is 12.6. The molecule has 3 saturated heterocycles. The molecule has 13 rings (SSSR count). The van der Waals surface area contributed by atoms with Crippen molar-refractivity contribution >= 4 is 111 Å². The van der Waals surface area contributed by atoms with E-state index in [1.807, 2.05) is 125 Å². The third-order valence-electron chi connectivity index (χ3n) is 17.5. The third-order valence-corrected chi connectivity index (χ3v) is 17.5. The highest BCUT2D eigenvalue weighted by atomic mass is 16.9. The van der Waals surface area contributed by atoms with E-state index in [4.69, 9.17) is 18.8 Å². The van der Waals surface area contributed by atoms with Gasteiger partial charge in [-0.1, -0.05) is 54.0 Å². The van der Waals surface area contributed by atoms with Crippen LogP contribution < -0.4 is 31.1 Å². The Bertz CT molecular complexity index is 5380. The molecule has 5 N–H and O–H groups in total. The average Bonchev–Trinajstić information content (AvgIpc) is 1.02. The van der Waals surface area contributed by atoms with Crippen LogP contribution in [-0.2, 0) is 56.4 Å². The molecule has 2 aliphatic carbocycles. The van der Waals surface area contributed by atoms with Crippen LogP contribution in [0.2, 0.25) is 0 Å². The van der Waals surface area contributed by atoms with Crippen LogP contribution in [0.25, 0.3) is 66.8 Å². The van der Waals surface area contributed by atoms with Gasteiger partial charge in [0.15, 0.2) is 0 Å². The summed E-state index contributed by atoms with van der Waals surface area (Å²) in [6.45, 7) is 5.32. The Balaban J connectivity index is 0.000000191. The highest BCUT2D eigenvalue weighted by molar-refractivity contribution is 6.12. The lowest BCUT2D eigenvalue weighted by Gasteiger charge is -2.19. The number of hydrogen-bond acceptors (Lipinski definition) is 22. The van der Waals surface area contributed by atoms with Crippen molar-refractivity contribution in [3.63, 3.8) is 0 Å². The molecule has 3 fully saturated rings. The highest BCUT2D eigenvalue weighted by Crippen LogP contribution is 2.44. The number of hydroxylamine groups is 6. The Morgan fingerprint density at radius 2 is 0.764 bits per heavy atom. The molecule has 5 aliphatic heterocycles. The van der Waals surface area contributed by atoms with Crippen molar-refractivity contribution in [2.24, 2.45) is 9.98 Å². The van der Waals surface area contributed by atoms with Crippen LogP contribution in [0.5, 0.6) is 0 Å². The molecular formula is C80H73N9O21. The summed E-state index contributed by atoms with van der Waals surface area (Å²) in [7, 11) is 7.70. The zero-order chi connectivity index (χ0) is 78.1. The van der Waals surface area contributed by atoms with E-state index in [0.29, 0.717) is 85.2 Å². The number of carboxylic acid groups (broad SMARTS) is 3. The van der Waals surface area contributed by atoms with Crippen molar-refractivity contribution in [2.45, 2.75) is 72.9 Å². The van der Waals surface area contributed by atoms with Crippen LogP contribution in [0.1, 0.15) is 133 Å². The summed E-state index contributed by atoms with van der Waals surface area (Å²) in [4.78, 5) is 181. The fourth-order valence-electron chi connectivity index (χ4n) is 12.0. The van der Waals surface area contributed by atoms with E-state index in [1.54, 1.807) is 48.5 Å². The number of fused-ring (bicyclic) bond motifs is 4. The molecule has 30 nitrogen and oxygen atoms in total. The van der Waals surface area contributed by atoms with Gasteiger partial charge < -0.3 is 49.4 Å². The molecule has 110 heavy (non-hydrogen) atoms. The lowest BCUT2D eigenvalue weighted by Crippen LogP contribution is -2.37. The molecule has 6 aromatic carbocycles. The Morgan fingerprint density at radius 1 is 0.418 bits per heavy atom. The van der Waals surface area contributed by atoms with Crippen LogP contribution >= 0.6 is 0 Å². The number of carboxylic acids is 3. The van der Waals surface area contributed by atoms with Gasteiger partial charge in [0, 0.05) is 173 Å². The van der Waals surface area contributed by atoms with Gasteiger partial charge in [-0.15, -0.1) is 5.06 Å². The maximum Gasteiger partial charge on any atom is 0.560 e. The molecule has 8 amide bonds. The van der Waals surface area contributed by atoms with Crippen LogP contribution in [-0.4, -0.2) is 149 Å². The predicted molar refractivity (Wildman–Crippen MR) is 396 cm³/mol. The smallest absolute Gasteiger partial charge is 0.478 e. The number of imide groups is 3. The molecule has 0 saturated carbocycles. The summed E-state index contributed by atoms with van der Waals surface area (Å²) in [5, 5.41) is 39.2. The topological polar surface area (TPSA) is 402 Å². The Morgan fingerprint density at radius 3 is 1.11 bits per heavy atom. The van der Waals surface area contributed by atoms with Crippen molar-refractivity contribution in [1.82, 2.24) is 25.8 Å². The maximum absolute atomic E-state index is 13.2. The van der Waals surface area contributed by atoms with Crippen molar-refractivity contribution in [3.05, 3.63) is 213 Å². The van der Waals surface area contributed by atoms with Crippen LogP contribution in [0.4, 0.5) is 16.2 Å². The molecular weight excluding hydrogens is 1420 g/mol. The van der Waals surface area contributed by atoms with Gasteiger partial charge in [0.1, 0.15) is 22.7 Å². The van der Waals surface area contributed by atoms with Crippen molar-refractivity contribution < 1.29 is 101 Å². The standard InChI is InChI=1S/C37H32N4O8.C33H29N3O6.C9H8N2O7.CH4/c1-4-38-24-10-13-27-30(18-24)48-31-19-25(40(2)3)11-14-28(31)34(27)26-12-9-23(17-29(26)36(45)46)35(44)39-20-21-5-7-22(8-6-21)37(47)49-41-32(42)15-16-33(41)43;1-4-34-22-10-13-25-28(16-22)42-29-17-23(36(2)3)11-14-26(29)30(25)24-12-9-21(15-27(24)33(40)41)31(37)35-18-19-5-7-20(8-6-19)32(38)39;12-5-1-2-6(13)10(5)17-9(16)18-11-7(14)3-4-8(11)15;/h5-14,17-19H,4,15-16,20H2,1-3H3,(H,39,44)(H,45,46);5-17H,4,18H2,1-3H3,(H,35,37)(H,38,39)(H,40,41);1-4H2;1H4. The molecule has 30 heteroatoms. The van der Waals surface area contributed by atoms with Crippen molar-refractivity contribution in [3.8, 4) is 44.9 Å². The Labute approximate surface area is 626 Å². The number of carbonyl (C=O) groups excluding carboxylic acids is 10. The van der Waals surface area contributed by atoms with Crippen molar-refractivity contribution in [2.75, 3.05) is 51.1 Å². The van der Waals surface area contributed by atoms with Gasteiger partial charge in [-0.05, 0) is 133 Å². The maximum atomic E-state index is 13.2. The van der Waals surface area contributed by atoms with Gasteiger partial charge in [0.25, 0.3) is 47.3 Å². The predicted octanol–water partition coefficient (Wildman–Crippen LogP) is 10.5. The lowest BCUT2D eigenvalue weighted by atomic mass is 9.89. The van der Waals surface area contributed by atoms with Crippen LogP contribution in [0.15, 0.2) is 177 Å². The number of anilines is 2. The summed E-state index contributed by atoms with van der Waals surface area (Å²) >= 11 is 0. The first-order valence-electron chi connectivity index (χ1n) is 34.0. The van der Waals surface area contributed by atoms with Gasteiger partial charge in [-0.2, -0.15) is 4.79 Å². The molecule has 0 radical (unpaired) electrons. The second-order valence-electron chi connectivity index (χ2n) is 25.2. The van der Waals surface area contributed by atoms with Gasteiger partial charge in [0.2, 0.25) is 0 Å². The van der Waals surface area contributed by atoms with E-state index < -0.39 is 77.3 Å². The largest absolute Gasteiger partial charge is 0.560 e. The minimum absolute atomic E-state index is 0. The first-order valence-corrected chi connectivity index (χ1v) is 34.0. The number of aromatic carboxylic acids is 3. The SMILES string of the molecule is C.CCN=c1ccc2c(-c3ccc(C(=O)NCc4ccc(C(=O)O)cc4)cc3C(=O)O)c3ccc(N(C)C)cc3oc-2c1.CCN=c1ccc2c(-c3ccc(C(=O)NCc4ccc(C(=O)ON5C(=O)CCC5=O)cc4)cc3C(=O)O)c3ccc(N(C)C)cc3oc-2c1.O=C(ON1C(=O)CCC1=O)ON1C(=O)CCC1=O. The summed E-state index contributed by atoms with van der Waals surface area (Å²) in [5.74, 6) is -7.99. The number of nitrogens with one attached hydrogen (secondary N) is 2. The fourth-order valence-corrected chi connectivity index (χ4v) is 12.0. The van der Waals surface area contributed by atoms with E-state index in [9.17, 15) is 72.5 Å². The zero-order valence-corrected chi connectivity index (χ0v) is 59.4. The van der Waals surface area contributed by atoms with E-state index in [-0.39, 0.29) is 103 Å². The lowest BCUT2D eigenvalue weighted by molar-refractivity contribution is -0.198. The number of hydrogen-bond donors (Lipinski definition) is 5. The number of benzene rings is 8. The highest BCUT2D eigenvalue weighted by Gasteiger charge is 2.38. The average molecular weight is 1500 g/mol. The Kier molecular flexibility index (Phi) is 24.2. The molecule has 0 aromatic heterocycles. The molecule has 7 aliphatic rings. The summed E-state index contributed by atoms with van der Waals surface area (Å²) in [5.41, 5.74) is 8.49. The molecule has 5 heterocycles. The minimum Gasteiger partial charge on any atom is -0.478 e. The zero-order valence-electron chi connectivity index (χ0n) is 59.4. The molecule has 6 aromatic rings. The van der Waals surface area contributed by atoms with Gasteiger partial charge in [0.05, 0.1) is 33.0 Å². The minimum atomic E-state index is -1.48. The number of carbonyl (C=O) groups is 13. The second kappa shape index (κ2) is 33.9. The first kappa shape index (κ1) is 78.4. The van der Waals surface area contributed by atoms with E-state index >= 15 is 0 Å². The summed E-state index contributed by atoms with van der Waals surface area (Å²) in [6, 6.07) is 44.1. The van der Waals surface area contributed by atoms with Crippen LogP contribution in [0, 0.1) is 0 Å². The third kappa shape index (κ3) is 17.5. The van der Waals surface area contributed by atoms with Gasteiger partial charge >= 0.3 is 30.0 Å². The number of nitrogens with zero attached hydrogens (tertiary/aromatic N) is 7. The quantitative estimate of drug-likeness (QED) is 0.0371. The number of rotatable bonds is 19. The molecule has 0 atom stereocenters. The monoisotopic (exact) mass is 1500 g/mol. The molecule has 564 valence electrons. The summed E-state index contributed by atoms with van der Waals surface area (Å²) in [6.07, 6.45) is -1.75. The van der Waals surface area contributed by atoms with Gasteiger partial charge in [-0.25, -0.2) is 19.2 Å².